The van der Waals surface area contributed by atoms with Crippen LogP contribution < -0.4 is 9.47 Å². The lowest BCUT2D eigenvalue weighted by Gasteiger charge is -2.18. The van der Waals surface area contributed by atoms with Crippen LogP contribution in [0.15, 0.2) is 67.0 Å². The lowest BCUT2D eigenvalue weighted by molar-refractivity contribution is -0.153. The van der Waals surface area contributed by atoms with Crippen molar-refractivity contribution < 1.29 is 42.0 Å². The first-order chi connectivity index (χ1) is 20.4. The van der Waals surface area contributed by atoms with Crippen molar-refractivity contribution in [3.8, 4) is 38.9 Å². The molecular weight excluding hydrogens is 612 g/mol. The van der Waals surface area contributed by atoms with Gasteiger partial charge in [0.15, 0.2) is 6.61 Å². The van der Waals surface area contributed by atoms with Gasteiger partial charge in [-0.2, -0.15) is 13.2 Å². The summed E-state index contributed by atoms with van der Waals surface area (Å²) >= 11 is 7.60. The minimum Gasteiger partial charge on any atom is -0.506 e. The number of para-hydroxylation sites is 1. The number of ether oxygens (including phenoxy) is 2. The molecule has 0 bridgehead atoms. The fourth-order valence-corrected chi connectivity index (χ4v) is 5.80. The van der Waals surface area contributed by atoms with Gasteiger partial charge in [-0.1, -0.05) is 48.0 Å². The second-order valence-electron chi connectivity index (χ2n) is 9.40. The Morgan fingerprint density at radius 3 is 2.49 bits per heavy atom. The maximum absolute atomic E-state index is 13.8. The van der Waals surface area contributed by atoms with Crippen LogP contribution in [-0.4, -0.2) is 45.0 Å². The number of benzene rings is 3. The summed E-state index contributed by atoms with van der Waals surface area (Å²) in [6, 6.07) is 14.6. The lowest BCUT2D eigenvalue weighted by Crippen LogP contribution is -2.30. The van der Waals surface area contributed by atoms with Crippen molar-refractivity contribution in [2.24, 2.45) is 0 Å². The van der Waals surface area contributed by atoms with Gasteiger partial charge in [-0.15, -0.1) is 11.3 Å². The van der Waals surface area contributed by atoms with Crippen LogP contribution in [0, 0.1) is 12.7 Å². The number of carboxylic acid groups (broad SMARTS) is 1. The molecule has 0 fully saturated rings. The highest BCUT2D eigenvalue weighted by molar-refractivity contribution is 7.22. The summed E-state index contributed by atoms with van der Waals surface area (Å²) in [4.78, 5) is 22.0. The molecule has 13 heteroatoms. The number of phenols is 1. The number of hydrogen-bond donors (Lipinski definition) is 2. The third kappa shape index (κ3) is 6.50. The molecule has 0 aliphatic carbocycles. The van der Waals surface area contributed by atoms with Gasteiger partial charge in [0.25, 0.3) is 0 Å². The molecule has 2 N–H and O–H groups in total. The van der Waals surface area contributed by atoms with E-state index < -0.39 is 30.7 Å². The Kier molecular flexibility index (Phi) is 8.43. The third-order valence-electron chi connectivity index (χ3n) is 6.49. The van der Waals surface area contributed by atoms with Gasteiger partial charge in [0.05, 0.1) is 10.4 Å². The van der Waals surface area contributed by atoms with E-state index in [1.54, 1.807) is 31.2 Å². The lowest BCUT2D eigenvalue weighted by atomic mass is 9.96. The maximum atomic E-state index is 13.8. The zero-order valence-corrected chi connectivity index (χ0v) is 23.7. The molecular formula is C30H21ClF4N2O5S. The fourth-order valence-electron chi connectivity index (χ4n) is 4.49. The van der Waals surface area contributed by atoms with E-state index in [0.29, 0.717) is 37.3 Å². The Morgan fingerprint density at radius 1 is 1.07 bits per heavy atom. The number of alkyl halides is 3. The molecule has 5 rings (SSSR count). The van der Waals surface area contributed by atoms with E-state index >= 15 is 0 Å². The Bertz CT molecular complexity index is 1810. The average molecular weight is 633 g/mol. The molecule has 1 atom stereocenters. The highest BCUT2D eigenvalue weighted by atomic mass is 35.5. The minimum atomic E-state index is -4.59. The summed E-state index contributed by atoms with van der Waals surface area (Å²) < 4.78 is 63.1. The van der Waals surface area contributed by atoms with Crippen molar-refractivity contribution in [1.82, 2.24) is 9.97 Å². The summed E-state index contributed by atoms with van der Waals surface area (Å²) in [6.45, 7) is 0.145. The van der Waals surface area contributed by atoms with Crippen LogP contribution in [0.3, 0.4) is 0 Å². The minimum absolute atomic E-state index is 0.0973. The normalized spacial score (nSPS) is 12.3. The van der Waals surface area contributed by atoms with Gasteiger partial charge in [0, 0.05) is 16.9 Å². The van der Waals surface area contributed by atoms with E-state index in [1.807, 2.05) is 0 Å². The molecule has 2 aromatic heterocycles. The van der Waals surface area contributed by atoms with Gasteiger partial charge < -0.3 is 19.7 Å². The summed E-state index contributed by atoms with van der Waals surface area (Å²) in [5.41, 5.74) is 2.39. The van der Waals surface area contributed by atoms with E-state index in [9.17, 15) is 32.6 Å². The number of phenolic OH excluding ortho intramolecular Hbond substituents is 1. The van der Waals surface area contributed by atoms with Gasteiger partial charge in [0.1, 0.15) is 28.5 Å². The number of thiophene rings is 1. The van der Waals surface area contributed by atoms with Crippen LogP contribution in [0.25, 0.3) is 31.8 Å². The molecule has 0 saturated carbocycles. The zero-order chi connectivity index (χ0) is 30.9. The Balaban J connectivity index is 1.63. The molecule has 7 nitrogen and oxygen atoms in total. The largest absolute Gasteiger partial charge is 0.506 e. The Hall–Kier alpha value is -4.42. The first kappa shape index (κ1) is 30.1. The van der Waals surface area contributed by atoms with Crippen LogP contribution in [0.5, 0.6) is 17.4 Å². The zero-order valence-electron chi connectivity index (χ0n) is 22.2. The van der Waals surface area contributed by atoms with Crippen LogP contribution >= 0.6 is 22.9 Å². The van der Waals surface area contributed by atoms with Crippen LogP contribution in [-0.2, 0) is 11.2 Å². The summed E-state index contributed by atoms with van der Waals surface area (Å²) in [5, 5.41) is 20.7. The number of aromatic nitrogens is 2. The van der Waals surface area contributed by atoms with Gasteiger partial charge in [-0.25, -0.2) is 19.2 Å². The van der Waals surface area contributed by atoms with Crippen LogP contribution in [0.2, 0.25) is 5.02 Å². The monoisotopic (exact) mass is 632 g/mol. The number of fused-ring (bicyclic) bond motifs is 1. The summed E-state index contributed by atoms with van der Waals surface area (Å²) in [6.07, 6.45) is -5.32. The molecule has 5 aromatic rings. The van der Waals surface area contributed by atoms with Crippen molar-refractivity contribution in [3.63, 3.8) is 0 Å². The number of hydrogen-bond acceptors (Lipinski definition) is 7. The molecule has 43 heavy (non-hydrogen) atoms. The number of carbonyl (C=O) groups is 1. The van der Waals surface area contributed by atoms with Crippen molar-refractivity contribution >= 4 is 39.1 Å². The van der Waals surface area contributed by atoms with E-state index in [1.165, 1.54) is 54.1 Å². The molecule has 222 valence electrons. The number of aromatic hydroxyl groups is 1. The summed E-state index contributed by atoms with van der Waals surface area (Å²) in [7, 11) is 0. The van der Waals surface area contributed by atoms with Gasteiger partial charge in [0.2, 0.25) is 12.0 Å². The van der Waals surface area contributed by atoms with E-state index in [2.05, 4.69) is 9.97 Å². The average Bonchev–Trinajstić information content (AvgIpc) is 3.35. The van der Waals surface area contributed by atoms with Crippen LogP contribution in [0.4, 0.5) is 17.6 Å². The van der Waals surface area contributed by atoms with Gasteiger partial charge in [-0.05, 0) is 53.4 Å². The SMILES string of the molecule is Cc1c(-c2c(-c3ccc(F)cc3)sc3ncnc(O[C@H](Cc4ccccc4OCC(F)(F)F)C(=O)O)c23)ccc(O)c1Cl. The fraction of sp³-hybridized carbons (Fsp3) is 0.167. The predicted octanol–water partition coefficient (Wildman–Crippen LogP) is 7.85. The van der Waals surface area contributed by atoms with E-state index in [0.717, 1.165) is 0 Å². The van der Waals surface area contributed by atoms with Crippen LogP contribution in [0.1, 0.15) is 11.1 Å². The Morgan fingerprint density at radius 2 is 1.79 bits per heavy atom. The highest BCUT2D eigenvalue weighted by Crippen LogP contribution is 2.49. The maximum Gasteiger partial charge on any atom is 0.422 e. The van der Waals surface area contributed by atoms with E-state index in [-0.39, 0.29) is 34.4 Å². The molecule has 0 saturated heterocycles. The Labute approximate surface area is 250 Å². The topological polar surface area (TPSA) is 102 Å². The highest BCUT2D eigenvalue weighted by Gasteiger charge is 2.30. The number of aliphatic carboxylic acids is 1. The number of rotatable bonds is 9. The molecule has 0 aliphatic rings. The molecule has 0 radical (unpaired) electrons. The van der Waals surface area contributed by atoms with Crippen molar-refractivity contribution in [2.75, 3.05) is 6.61 Å². The third-order valence-corrected chi connectivity index (χ3v) is 8.12. The smallest absolute Gasteiger partial charge is 0.422 e. The first-order valence-corrected chi connectivity index (χ1v) is 13.8. The van der Waals surface area contributed by atoms with Gasteiger partial charge in [-0.3, -0.25) is 0 Å². The molecule has 0 amide bonds. The second kappa shape index (κ2) is 12.1. The van der Waals surface area contributed by atoms with Gasteiger partial charge >= 0.3 is 12.1 Å². The predicted molar refractivity (Wildman–Crippen MR) is 153 cm³/mol. The number of nitrogens with zero attached hydrogens (tertiary/aromatic N) is 2. The van der Waals surface area contributed by atoms with E-state index in [4.69, 9.17) is 21.1 Å². The summed E-state index contributed by atoms with van der Waals surface area (Å²) in [5.74, 6) is -2.21. The standard InChI is InChI=1S/C30H21ClF4N2O5S/c1-15-19(10-11-20(38)25(15)31)23-24-27(36-14-37-28(24)43-26(23)16-6-8-18(32)9-7-16)42-22(29(39)40)12-17-4-2-3-5-21(17)41-13-30(33,34)35/h2-11,14,22,38H,12-13H2,1H3,(H,39,40)/t22-/m1/s1. The molecule has 0 spiro atoms. The quantitative estimate of drug-likeness (QED) is 0.160. The molecule has 0 unspecified atom stereocenters. The first-order valence-electron chi connectivity index (χ1n) is 12.6. The van der Waals surface area contributed by atoms with Crippen molar-refractivity contribution in [3.05, 3.63) is 89.0 Å². The molecule has 0 aliphatic heterocycles. The number of carboxylic acids is 1. The molecule has 3 aromatic carbocycles. The van der Waals surface area contributed by atoms with Crippen molar-refractivity contribution in [1.29, 1.82) is 0 Å². The van der Waals surface area contributed by atoms with Crippen molar-refractivity contribution in [2.45, 2.75) is 25.6 Å². The second-order valence-corrected chi connectivity index (χ2v) is 10.8. The molecule has 2 heterocycles. The number of halogens is 5.